The van der Waals surface area contributed by atoms with Crippen LogP contribution in [-0.2, 0) is 4.74 Å². The van der Waals surface area contributed by atoms with Crippen LogP contribution in [0.4, 0.5) is 0 Å². The zero-order valence-electron chi connectivity index (χ0n) is 9.00. The molecule has 0 aliphatic heterocycles. The largest absolute Gasteiger partial charge is 0.373 e. The monoisotopic (exact) mass is 318 g/mol. The Kier molecular flexibility index (Phi) is 5.25. The summed E-state index contributed by atoms with van der Waals surface area (Å²) in [5, 5.41) is 0. The maximum absolute atomic E-state index is 11.6. The van der Waals surface area contributed by atoms with Crippen LogP contribution < -0.4 is 0 Å². The van der Waals surface area contributed by atoms with Crippen LogP contribution in [0, 0.1) is 9.49 Å². The van der Waals surface area contributed by atoms with Crippen LogP contribution in [0.25, 0.3) is 0 Å². The van der Waals surface area contributed by atoms with E-state index in [1.165, 1.54) is 0 Å². The van der Waals surface area contributed by atoms with Crippen molar-refractivity contribution in [1.82, 2.24) is 0 Å². The van der Waals surface area contributed by atoms with Crippen LogP contribution in [0.3, 0.4) is 0 Å². The lowest BCUT2D eigenvalue weighted by molar-refractivity contribution is 0.0705. The Morgan fingerprint density at radius 1 is 1.33 bits per heavy atom. The summed E-state index contributed by atoms with van der Waals surface area (Å²) < 4.78 is 6.42. The lowest BCUT2D eigenvalue weighted by atomic mass is 10.1. The highest BCUT2D eigenvalue weighted by atomic mass is 127. The van der Waals surface area contributed by atoms with Gasteiger partial charge in [0.15, 0.2) is 5.78 Å². The molecule has 0 unspecified atom stereocenters. The molecule has 1 rings (SSSR count). The number of halogens is 1. The number of benzene rings is 1. The summed E-state index contributed by atoms with van der Waals surface area (Å²) in [6.07, 6.45) is 0. The summed E-state index contributed by atoms with van der Waals surface area (Å²) >= 11 is 2.21. The molecule has 0 fully saturated rings. The second-order valence-corrected chi connectivity index (χ2v) is 5.08. The highest BCUT2D eigenvalue weighted by Gasteiger charge is 2.05. The molecular formula is C12H15IO2. The molecule has 0 aliphatic carbocycles. The van der Waals surface area contributed by atoms with Gasteiger partial charge in [-0.05, 0) is 40.6 Å². The molecule has 0 aromatic heterocycles. The van der Waals surface area contributed by atoms with Gasteiger partial charge >= 0.3 is 0 Å². The normalized spacial score (nSPS) is 10.7. The molecule has 0 spiro atoms. The number of hydrogen-bond donors (Lipinski definition) is 0. The summed E-state index contributed by atoms with van der Waals surface area (Å²) in [5.74, 6) is 0.515. The second-order valence-electron chi connectivity index (χ2n) is 3.84. The molecule has 1 aromatic carbocycles. The molecule has 0 saturated carbocycles. The smallest absolute Gasteiger partial charge is 0.188 e. The van der Waals surface area contributed by atoms with E-state index in [9.17, 15) is 4.79 Å². The summed E-state index contributed by atoms with van der Waals surface area (Å²) in [6.45, 7) is 4.94. The average Bonchev–Trinajstić information content (AvgIpc) is 2.18. The Hall–Kier alpha value is -0.420. The van der Waals surface area contributed by atoms with Crippen LogP contribution in [-0.4, -0.2) is 19.0 Å². The standard InChI is InChI=1S/C12H15IO2/c1-9(2)7-15-8-12(14)10-3-5-11(13)6-4-10/h3-6,9H,7-8H2,1-2H3. The van der Waals surface area contributed by atoms with Gasteiger partial charge < -0.3 is 4.74 Å². The van der Waals surface area contributed by atoms with Crippen molar-refractivity contribution >= 4 is 28.4 Å². The summed E-state index contributed by atoms with van der Waals surface area (Å²) in [4.78, 5) is 11.6. The van der Waals surface area contributed by atoms with E-state index in [1.54, 1.807) is 0 Å². The Morgan fingerprint density at radius 3 is 2.47 bits per heavy atom. The van der Waals surface area contributed by atoms with Gasteiger partial charge in [-0.25, -0.2) is 0 Å². The minimum absolute atomic E-state index is 0.0482. The molecule has 0 aliphatic rings. The van der Waals surface area contributed by atoms with Gasteiger partial charge in [0, 0.05) is 15.7 Å². The SMILES string of the molecule is CC(C)COCC(=O)c1ccc(I)cc1. The summed E-state index contributed by atoms with van der Waals surface area (Å²) in [7, 11) is 0. The molecule has 82 valence electrons. The first-order valence-electron chi connectivity index (χ1n) is 4.96. The van der Waals surface area contributed by atoms with Crippen LogP contribution in [0.15, 0.2) is 24.3 Å². The lowest BCUT2D eigenvalue weighted by Gasteiger charge is -2.06. The van der Waals surface area contributed by atoms with Crippen molar-refractivity contribution in [3.63, 3.8) is 0 Å². The number of ether oxygens (including phenoxy) is 1. The quantitative estimate of drug-likeness (QED) is 0.616. The predicted molar refractivity (Wildman–Crippen MR) is 69.1 cm³/mol. The van der Waals surface area contributed by atoms with Gasteiger partial charge in [-0.2, -0.15) is 0 Å². The molecule has 0 atom stereocenters. The van der Waals surface area contributed by atoms with E-state index in [0.29, 0.717) is 12.5 Å². The molecule has 2 nitrogen and oxygen atoms in total. The molecule has 15 heavy (non-hydrogen) atoms. The van der Waals surface area contributed by atoms with Gasteiger partial charge in [-0.1, -0.05) is 26.0 Å². The van der Waals surface area contributed by atoms with Gasteiger partial charge in [-0.3, -0.25) is 4.79 Å². The lowest BCUT2D eigenvalue weighted by Crippen LogP contribution is -2.12. The Labute approximate surface area is 104 Å². The van der Waals surface area contributed by atoms with Gasteiger partial charge in [0.1, 0.15) is 6.61 Å². The Morgan fingerprint density at radius 2 is 1.93 bits per heavy atom. The third kappa shape index (κ3) is 4.75. The zero-order valence-corrected chi connectivity index (χ0v) is 11.2. The highest BCUT2D eigenvalue weighted by molar-refractivity contribution is 14.1. The van der Waals surface area contributed by atoms with Gasteiger partial charge in [0.05, 0.1) is 0 Å². The minimum Gasteiger partial charge on any atom is -0.373 e. The molecular weight excluding hydrogens is 303 g/mol. The summed E-state index contributed by atoms with van der Waals surface area (Å²) in [6, 6.07) is 7.53. The van der Waals surface area contributed by atoms with Crippen molar-refractivity contribution in [2.45, 2.75) is 13.8 Å². The van der Waals surface area contributed by atoms with E-state index in [1.807, 2.05) is 24.3 Å². The van der Waals surface area contributed by atoms with E-state index in [-0.39, 0.29) is 12.4 Å². The highest BCUT2D eigenvalue weighted by Crippen LogP contribution is 2.07. The second kappa shape index (κ2) is 6.23. The molecule has 0 bridgehead atoms. The molecule has 0 amide bonds. The zero-order chi connectivity index (χ0) is 11.3. The fourth-order valence-corrected chi connectivity index (χ4v) is 1.47. The van der Waals surface area contributed by atoms with Crippen LogP contribution in [0.5, 0.6) is 0 Å². The minimum atomic E-state index is 0.0482. The first-order chi connectivity index (χ1) is 7.09. The maximum Gasteiger partial charge on any atom is 0.188 e. The van der Waals surface area contributed by atoms with Crippen LogP contribution >= 0.6 is 22.6 Å². The fraction of sp³-hybridized carbons (Fsp3) is 0.417. The summed E-state index contributed by atoms with van der Waals surface area (Å²) in [5.41, 5.74) is 0.721. The molecule has 0 saturated heterocycles. The van der Waals surface area contributed by atoms with Gasteiger partial charge in [0.25, 0.3) is 0 Å². The predicted octanol–water partition coefficient (Wildman–Crippen LogP) is 3.15. The van der Waals surface area contributed by atoms with Crippen molar-refractivity contribution in [3.8, 4) is 0 Å². The molecule has 0 radical (unpaired) electrons. The van der Waals surface area contributed by atoms with E-state index in [0.717, 1.165) is 9.13 Å². The van der Waals surface area contributed by atoms with Gasteiger partial charge in [-0.15, -0.1) is 0 Å². The number of hydrogen-bond acceptors (Lipinski definition) is 2. The molecule has 1 aromatic rings. The first-order valence-corrected chi connectivity index (χ1v) is 6.04. The van der Waals surface area contributed by atoms with Crippen LogP contribution in [0.1, 0.15) is 24.2 Å². The Bertz CT molecular complexity index is 317. The van der Waals surface area contributed by atoms with Crippen molar-refractivity contribution in [1.29, 1.82) is 0 Å². The number of rotatable bonds is 5. The number of ketones is 1. The maximum atomic E-state index is 11.6. The molecule has 0 N–H and O–H groups in total. The van der Waals surface area contributed by atoms with Crippen LogP contribution in [0.2, 0.25) is 0 Å². The number of carbonyl (C=O) groups is 1. The van der Waals surface area contributed by atoms with E-state index >= 15 is 0 Å². The average molecular weight is 318 g/mol. The van der Waals surface area contributed by atoms with Crippen molar-refractivity contribution in [3.05, 3.63) is 33.4 Å². The molecule has 0 heterocycles. The van der Waals surface area contributed by atoms with E-state index in [4.69, 9.17) is 4.74 Å². The molecule has 3 heteroatoms. The third-order valence-electron chi connectivity index (χ3n) is 1.85. The van der Waals surface area contributed by atoms with Gasteiger partial charge in [0.2, 0.25) is 0 Å². The number of carbonyl (C=O) groups excluding carboxylic acids is 1. The fourth-order valence-electron chi connectivity index (χ4n) is 1.11. The first kappa shape index (κ1) is 12.6. The Balaban J connectivity index is 2.43. The van der Waals surface area contributed by atoms with E-state index in [2.05, 4.69) is 36.4 Å². The topological polar surface area (TPSA) is 26.3 Å². The van der Waals surface area contributed by atoms with Crippen molar-refractivity contribution < 1.29 is 9.53 Å². The number of Topliss-reactive ketones (excluding diaryl/α,β-unsaturated/α-hetero) is 1. The third-order valence-corrected chi connectivity index (χ3v) is 2.57. The van der Waals surface area contributed by atoms with Crippen molar-refractivity contribution in [2.24, 2.45) is 5.92 Å². The van der Waals surface area contributed by atoms with Crippen molar-refractivity contribution in [2.75, 3.05) is 13.2 Å². The van der Waals surface area contributed by atoms with E-state index < -0.39 is 0 Å².